The van der Waals surface area contributed by atoms with Crippen LogP contribution in [0, 0.1) is 11.7 Å². The fourth-order valence-corrected chi connectivity index (χ4v) is 5.27. The monoisotopic (exact) mass is 468 g/mol. The Morgan fingerprint density at radius 1 is 0.971 bits per heavy atom. The molecule has 1 amide bonds. The van der Waals surface area contributed by atoms with Crippen molar-refractivity contribution < 1.29 is 14.0 Å². The van der Waals surface area contributed by atoms with Crippen molar-refractivity contribution in [2.45, 2.75) is 45.1 Å². The second-order valence-corrected chi connectivity index (χ2v) is 9.79. The molecule has 0 saturated carbocycles. The molecule has 0 saturated heterocycles. The first-order valence-corrected chi connectivity index (χ1v) is 12.2. The molecule has 0 fully saturated rings. The lowest BCUT2D eigenvalue weighted by Crippen LogP contribution is -2.39. The predicted molar refractivity (Wildman–Crippen MR) is 137 cm³/mol. The van der Waals surface area contributed by atoms with Gasteiger partial charge in [0, 0.05) is 24.1 Å². The number of benzene rings is 3. The molecule has 1 N–H and O–H groups in total. The Morgan fingerprint density at radius 3 is 2.43 bits per heavy atom. The van der Waals surface area contributed by atoms with Crippen molar-refractivity contribution in [3.05, 3.63) is 107 Å². The summed E-state index contributed by atoms with van der Waals surface area (Å²) < 4.78 is 14.4. The molecule has 5 rings (SSSR count). The molecule has 1 heterocycles. The maximum absolute atomic E-state index is 14.4. The molecule has 0 bridgehead atoms. The van der Waals surface area contributed by atoms with Crippen molar-refractivity contribution >= 4 is 23.1 Å². The van der Waals surface area contributed by atoms with Crippen molar-refractivity contribution in [1.29, 1.82) is 0 Å². The molecule has 0 aromatic heterocycles. The smallest absolute Gasteiger partial charge is 0.228 e. The number of Topliss-reactive ketones (excluding diaryl/α,β-unsaturated/α-hetero) is 1. The van der Waals surface area contributed by atoms with E-state index in [1.165, 1.54) is 12.1 Å². The molecule has 1 aliphatic heterocycles. The lowest BCUT2D eigenvalue weighted by atomic mass is 9.78. The normalized spacial score (nSPS) is 19.7. The summed E-state index contributed by atoms with van der Waals surface area (Å²) in [6.45, 7) is 4.00. The van der Waals surface area contributed by atoms with Crippen LogP contribution in [0.2, 0.25) is 0 Å². The fraction of sp³-hybridized carbons (Fsp3) is 0.267. The molecule has 0 spiro atoms. The number of hydrogen-bond donors (Lipinski definition) is 1. The maximum atomic E-state index is 14.4. The quantitative estimate of drug-likeness (QED) is 0.460. The molecule has 1 aliphatic carbocycles. The molecule has 2 aliphatic rings. The number of anilines is 2. The van der Waals surface area contributed by atoms with Gasteiger partial charge in [0.25, 0.3) is 0 Å². The summed E-state index contributed by atoms with van der Waals surface area (Å²) >= 11 is 0. The average molecular weight is 469 g/mol. The van der Waals surface area contributed by atoms with E-state index < -0.39 is 11.9 Å². The molecular weight excluding hydrogens is 439 g/mol. The molecule has 0 radical (unpaired) electrons. The molecule has 178 valence electrons. The summed E-state index contributed by atoms with van der Waals surface area (Å²) in [6, 6.07) is 23.2. The Morgan fingerprint density at radius 2 is 1.69 bits per heavy atom. The zero-order valence-corrected chi connectivity index (χ0v) is 20.0. The number of ketones is 1. The SMILES string of the molecule is CC(C)CC(=O)N1c2ccccc2NC2=C(C(=O)C[C@@H](c3ccccc3)C2)[C@@H]1c1cccc(F)c1. The highest BCUT2D eigenvalue weighted by Gasteiger charge is 2.41. The standard InChI is InChI=1S/C30H29FN2O2/c1-19(2)15-28(35)33-26-14-7-6-13-24(26)32-25-17-22(20-9-4-3-5-10-20)18-27(34)29(25)30(33)21-11-8-12-23(31)16-21/h3-14,16,19,22,30,32H,15,17-18H2,1-2H3/t22-,30-/m0/s1. The third-order valence-corrected chi connectivity index (χ3v) is 6.78. The van der Waals surface area contributed by atoms with Crippen LogP contribution < -0.4 is 10.2 Å². The minimum atomic E-state index is -0.702. The van der Waals surface area contributed by atoms with Gasteiger partial charge in [-0.3, -0.25) is 14.5 Å². The minimum Gasteiger partial charge on any atom is -0.357 e. The van der Waals surface area contributed by atoms with E-state index in [0.717, 1.165) is 16.9 Å². The number of allylic oxidation sites excluding steroid dienone is 1. The first kappa shape index (κ1) is 23.0. The largest absolute Gasteiger partial charge is 0.357 e. The Bertz CT molecular complexity index is 1300. The van der Waals surface area contributed by atoms with Crippen molar-refractivity contribution in [1.82, 2.24) is 0 Å². The maximum Gasteiger partial charge on any atom is 0.228 e. The number of nitrogens with zero attached hydrogens (tertiary/aromatic N) is 1. The molecule has 4 nitrogen and oxygen atoms in total. The van der Waals surface area contributed by atoms with Gasteiger partial charge in [-0.1, -0.05) is 68.4 Å². The second kappa shape index (κ2) is 9.49. The van der Waals surface area contributed by atoms with Crippen LogP contribution in [-0.4, -0.2) is 11.7 Å². The number of para-hydroxylation sites is 2. The van der Waals surface area contributed by atoms with Gasteiger partial charge >= 0.3 is 0 Å². The summed E-state index contributed by atoms with van der Waals surface area (Å²) in [4.78, 5) is 29.3. The van der Waals surface area contributed by atoms with Gasteiger partial charge in [-0.05, 0) is 53.6 Å². The van der Waals surface area contributed by atoms with Crippen LogP contribution in [0.3, 0.4) is 0 Å². The Balaban J connectivity index is 1.71. The van der Waals surface area contributed by atoms with E-state index in [1.54, 1.807) is 17.0 Å². The molecule has 2 atom stereocenters. The zero-order valence-electron chi connectivity index (χ0n) is 20.0. The second-order valence-electron chi connectivity index (χ2n) is 9.79. The van der Waals surface area contributed by atoms with E-state index in [4.69, 9.17) is 0 Å². The van der Waals surface area contributed by atoms with Gasteiger partial charge in [-0.2, -0.15) is 0 Å². The number of fused-ring (bicyclic) bond motifs is 1. The minimum absolute atomic E-state index is 0.0167. The fourth-order valence-electron chi connectivity index (χ4n) is 5.27. The Hall–Kier alpha value is -3.73. The molecule has 3 aromatic carbocycles. The van der Waals surface area contributed by atoms with Crippen LogP contribution in [0.4, 0.5) is 15.8 Å². The van der Waals surface area contributed by atoms with E-state index in [0.29, 0.717) is 36.1 Å². The third-order valence-electron chi connectivity index (χ3n) is 6.78. The summed E-state index contributed by atoms with van der Waals surface area (Å²) in [5.74, 6) is -0.325. The lowest BCUT2D eigenvalue weighted by Gasteiger charge is -2.35. The number of carbonyl (C=O) groups is 2. The summed E-state index contributed by atoms with van der Waals surface area (Å²) in [5.41, 5.74) is 4.54. The predicted octanol–water partition coefficient (Wildman–Crippen LogP) is 6.77. The van der Waals surface area contributed by atoms with Gasteiger partial charge in [-0.15, -0.1) is 0 Å². The number of halogens is 1. The molecule has 5 heteroatoms. The first-order chi connectivity index (χ1) is 16.9. The van der Waals surface area contributed by atoms with Crippen molar-refractivity contribution in [3.63, 3.8) is 0 Å². The highest BCUT2D eigenvalue weighted by Crippen LogP contribution is 2.47. The summed E-state index contributed by atoms with van der Waals surface area (Å²) in [7, 11) is 0. The number of nitrogens with one attached hydrogen (secondary N) is 1. The number of amides is 1. The van der Waals surface area contributed by atoms with Crippen LogP contribution in [0.15, 0.2) is 90.1 Å². The highest BCUT2D eigenvalue weighted by atomic mass is 19.1. The van der Waals surface area contributed by atoms with Crippen LogP contribution in [0.25, 0.3) is 0 Å². The molecular formula is C30H29FN2O2. The van der Waals surface area contributed by atoms with E-state index >= 15 is 0 Å². The van der Waals surface area contributed by atoms with Crippen LogP contribution in [0.1, 0.15) is 56.2 Å². The van der Waals surface area contributed by atoms with Crippen molar-refractivity contribution in [3.8, 4) is 0 Å². The van der Waals surface area contributed by atoms with Crippen LogP contribution in [0.5, 0.6) is 0 Å². The van der Waals surface area contributed by atoms with E-state index in [-0.39, 0.29) is 23.5 Å². The molecule has 0 unspecified atom stereocenters. The van der Waals surface area contributed by atoms with Gasteiger partial charge in [0.1, 0.15) is 5.82 Å². The van der Waals surface area contributed by atoms with E-state index in [2.05, 4.69) is 17.4 Å². The van der Waals surface area contributed by atoms with Crippen LogP contribution >= 0.6 is 0 Å². The lowest BCUT2D eigenvalue weighted by molar-refractivity contribution is -0.119. The van der Waals surface area contributed by atoms with E-state index in [9.17, 15) is 14.0 Å². The first-order valence-electron chi connectivity index (χ1n) is 12.2. The highest BCUT2D eigenvalue weighted by molar-refractivity contribution is 6.06. The van der Waals surface area contributed by atoms with Gasteiger partial charge < -0.3 is 5.32 Å². The average Bonchev–Trinajstić information content (AvgIpc) is 2.99. The van der Waals surface area contributed by atoms with Gasteiger partial charge in [0.15, 0.2) is 5.78 Å². The summed E-state index contributed by atoms with van der Waals surface area (Å²) in [6.07, 6.45) is 1.31. The van der Waals surface area contributed by atoms with Gasteiger partial charge in [0.2, 0.25) is 5.91 Å². The topological polar surface area (TPSA) is 49.4 Å². The molecule has 35 heavy (non-hydrogen) atoms. The zero-order chi connectivity index (χ0) is 24.5. The number of rotatable bonds is 4. The van der Waals surface area contributed by atoms with E-state index in [1.807, 2.05) is 56.3 Å². The third kappa shape index (κ3) is 4.51. The van der Waals surface area contributed by atoms with Gasteiger partial charge in [0.05, 0.1) is 17.4 Å². The number of hydrogen-bond acceptors (Lipinski definition) is 3. The van der Waals surface area contributed by atoms with Crippen molar-refractivity contribution in [2.24, 2.45) is 5.92 Å². The van der Waals surface area contributed by atoms with Gasteiger partial charge in [-0.25, -0.2) is 4.39 Å². The van der Waals surface area contributed by atoms with Crippen molar-refractivity contribution in [2.75, 3.05) is 10.2 Å². The number of carbonyl (C=O) groups excluding carboxylic acids is 2. The van der Waals surface area contributed by atoms with Crippen LogP contribution in [-0.2, 0) is 9.59 Å². The molecule has 3 aromatic rings. The summed E-state index contributed by atoms with van der Waals surface area (Å²) in [5, 5.41) is 3.52. The Labute approximate surface area is 205 Å². The Kier molecular flexibility index (Phi) is 6.25.